The standard InChI is InChI=1S/C8H10ClN3O/c1-13-12-11-10-6-7-2-4-8(9)5-3-7/h2-5H,6H2,1H3,(H,10,12). The van der Waals surface area contributed by atoms with Crippen molar-refractivity contribution < 1.29 is 4.84 Å². The van der Waals surface area contributed by atoms with E-state index < -0.39 is 0 Å². The monoisotopic (exact) mass is 199 g/mol. The van der Waals surface area contributed by atoms with Crippen molar-refractivity contribution in [3.63, 3.8) is 0 Å². The van der Waals surface area contributed by atoms with Crippen LogP contribution in [0.1, 0.15) is 5.56 Å². The quantitative estimate of drug-likeness (QED) is 0.598. The summed E-state index contributed by atoms with van der Waals surface area (Å²) in [5.41, 5.74) is 3.31. The van der Waals surface area contributed by atoms with Crippen LogP contribution in [-0.4, -0.2) is 7.11 Å². The Morgan fingerprint density at radius 1 is 1.38 bits per heavy atom. The number of rotatable bonds is 4. The topological polar surface area (TPSA) is 46.0 Å². The smallest absolute Gasteiger partial charge is 0.0871 e. The Kier molecular flexibility index (Phi) is 4.21. The van der Waals surface area contributed by atoms with E-state index in [-0.39, 0.29) is 0 Å². The molecule has 0 aliphatic rings. The van der Waals surface area contributed by atoms with Gasteiger partial charge in [-0.1, -0.05) is 29.0 Å². The van der Waals surface area contributed by atoms with Gasteiger partial charge in [-0.15, -0.1) is 0 Å². The van der Waals surface area contributed by atoms with E-state index in [4.69, 9.17) is 11.6 Å². The molecule has 0 amide bonds. The Bertz CT molecular complexity index is 273. The molecule has 0 saturated carbocycles. The first kappa shape index (κ1) is 9.95. The van der Waals surface area contributed by atoms with Gasteiger partial charge in [-0.2, -0.15) is 10.7 Å². The van der Waals surface area contributed by atoms with E-state index in [1.54, 1.807) is 0 Å². The van der Waals surface area contributed by atoms with Crippen LogP contribution >= 0.6 is 11.6 Å². The summed E-state index contributed by atoms with van der Waals surface area (Å²) in [6, 6.07) is 7.43. The first-order valence-electron chi connectivity index (χ1n) is 3.72. The zero-order valence-corrected chi connectivity index (χ0v) is 7.95. The van der Waals surface area contributed by atoms with Crippen LogP contribution in [-0.2, 0) is 11.4 Å². The molecule has 5 heteroatoms. The van der Waals surface area contributed by atoms with Crippen molar-refractivity contribution in [3.05, 3.63) is 34.9 Å². The molecule has 1 N–H and O–H groups in total. The van der Waals surface area contributed by atoms with E-state index in [1.165, 1.54) is 7.11 Å². The summed E-state index contributed by atoms with van der Waals surface area (Å²) >= 11 is 5.71. The van der Waals surface area contributed by atoms with Gasteiger partial charge in [0, 0.05) is 5.02 Å². The highest BCUT2D eigenvalue weighted by molar-refractivity contribution is 6.30. The molecule has 0 fully saturated rings. The molecule has 0 aliphatic heterocycles. The normalized spacial score (nSPS) is 10.6. The molecule has 0 bridgehead atoms. The van der Waals surface area contributed by atoms with Gasteiger partial charge in [0.2, 0.25) is 0 Å². The van der Waals surface area contributed by atoms with Gasteiger partial charge in [0.25, 0.3) is 0 Å². The lowest BCUT2D eigenvalue weighted by molar-refractivity contribution is 0.0870. The Morgan fingerprint density at radius 2 is 2.08 bits per heavy atom. The third kappa shape index (κ3) is 3.87. The average Bonchev–Trinajstić information content (AvgIpc) is 2.15. The number of benzene rings is 1. The van der Waals surface area contributed by atoms with Crippen LogP contribution in [0.5, 0.6) is 0 Å². The summed E-state index contributed by atoms with van der Waals surface area (Å²) < 4.78 is 0. The van der Waals surface area contributed by atoms with Crippen LogP contribution in [0.2, 0.25) is 5.02 Å². The molecular weight excluding hydrogens is 190 g/mol. The molecule has 1 rings (SSSR count). The number of nitrogens with one attached hydrogen (secondary N) is 1. The van der Waals surface area contributed by atoms with Gasteiger partial charge in [-0.25, -0.2) is 0 Å². The van der Waals surface area contributed by atoms with Crippen LogP contribution in [0, 0.1) is 0 Å². The molecule has 4 nitrogen and oxygen atoms in total. The third-order valence-corrected chi connectivity index (χ3v) is 1.62. The molecule has 1 aromatic carbocycles. The number of hydrogen-bond acceptors (Lipinski definition) is 3. The van der Waals surface area contributed by atoms with Crippen LogP contribution in [0.4, 0.5) is 0 Å². The van der Waals surface area contributed by atoms with Crippen molar-refractivity contribution in [2.45, 2.75) is 6.54 Å². The highest BCUT2D eigenvalue weighted by Crippen LogP contribution is 2.09. The molecular formula is C8H10ClN3O. The molecule has 0 unspecified atom stereocenters. The van der Waals surface area contributed by atoms with E-state index >= 15 is 0 Å². The minimum atomic E-state index is 0.507. The number of nitrogens with zero attached hydrogens (tertiary/aromatic N) is 2. The first-order chi connectivity index (χ1) is 6.33. The summed E-state index contributed by atoms with van der Waals surface area (Å²) in [5, 5.41) is 8.05. The fourth-order valence-corrected chi connectivity index (χ4v) is 0.903. The van der Waals surface area contributed by atoms with E-state index in [2.05, 4.69) is 20.8 Å². The Labute approximate surface area is 81.5 Å². The zero-order valence-electron chi connectivity index (χ0n) is 7.20. The molecule has 1 aromatic rings. The van der Waals surface area contributed by atoms with E-state index in [0.717, 1.165) is 10.6 Å². The average molecular weight is 200 g/mol. The minimum absolute atomic E-state index is 0.507. The maximum Gasteiger partial charge on any atom is 0.0871 e. The Morgan fingerprint density at radius 3 is 2.69 bits per heavy atom. The second-order valence-electron chi connectivity index (χ2n) is 2.32. The van der Waals surface area contributed by atoms with Crippen molar-refractivity contribution in [1.29, 1.82) is 0 Å². The second kappa shape index (κ2) is 5.50. The van der Waals surface area contributed by atoms with Gasteiger partial charge < -0.3 is 0 Å². The van der Waals surface area contributed by atoms with E-state index in [9.17, 15) is 0 Å². The summed E-state index contributed by atoms with van der Waals surface area (Å²) in [5.74, 6) is 0. The van der Waals surface area contributed by atoms with Gasteiger partial charge in [-0.05, 0) is 17.7 Å². The number of halogens is 1. The maximum atomic E-state index is 5.71. The molecule has 0 heterocycles. The molecule has 0 aromatic heterocycles. The molecule has 0 radical (unpaired) electrons. The third-order valence-electron chi connectivity index (χ3n) is 1.37. The van der Waals surface area contributed by atoms with Crippen molar-refractivity contribution in [1.82, 2.24) is 5.59 Å². The maximum absolute atomic E-state index is 5.71. The fraction of sp³-hybridized carbons (Fsp3) is 0.250. The van der Waals surface area contributed by atoms with Gasteiger partial charge >= 0.3 is 0 Å². The summed E-state index contributed by atoms with van der Waals surface area (Å²) in [7, 11) is 1.47. The predicted octanol–water partition coefficient (Wildman–Crippen LogP) is 2.36. The lowest BCUT2D eigenvalue weighted by atomic mass is 10.2. The molecule has 70 valence electrons. The van der Waals surface area contributed by atoms with Crippen molar-refractivity contribution in [3.8, 4) is 0 Å². The van der Waals surface area contributed by atoms with Crippen molar-refractivity contribution >= 4 is 11.6 Å². The molecule has 0 spiro atoms. The van der Waals surface area contributed by atoms with Crippen molar-refractivity contribution in [2.75, 3.05) is 7.11 Å². The van der Waals surface area contributed by atoms with Gasteiger partial charge in [0.05, 0.1) is 13.7 Å². The van der Waals surface area contributed by atoms with Crippen molar-refractivity contribution in [2.24, 2.45) is 10.3 Å². The lowest BCUT2D eigenvalue weighted by Crippen LogP contribution is -1.99. The predicted molar refractivity (Wildman–Crippen MR) is 50.2 cm³/mol. The van der Waals surface area contributed by atoms with Crippen LogP contribution in [0.15, 0.2) is 34.6 Å². The summed E-state index contributed by atoms with van der Waals surface area (Å²) in [6.07, 6.45) is 0. The van der Waals surface area contributed by atoms with Crippen LogP contribution in [0.25, 0.3) is 0 Å². The summed E-state index contributed by atoms with van der Waals surface area (Å²) in [4.78, 5) is 4.47. The fourth-order valence-electron chi connectivity index (χ4n) is 0.777. The highest BCUT2D eigenvalue weighted by Gasteiger charge is 1.90. The largest absolute Gasteiger partial charge is 0.261 e. The van der Waals surface area contributed by atoms with E-state index in [1.807, 2.05) is 24.3 Å². The minimum Gasteiger partial charge on any atom is -0.261 e. The van der Waals surface area contributed by atoms with Gasteiger partial charge in [0.15, 0.2) is 0 Å². The SMILES string of the molecule is CONN=NCc1ccc(Cl)cc1. The molecule has 0 atom stereocenters. The zero-order chi connectivity index (χ0) is 9.52. The Hall–Kier alpha value is -1.13. The molecule has 0 aliphatic carbocycles. The second-order valence-corrected chi connectivity index (χ2v) is 2.76. The van der Waals surface area contributed by atoms with Crippen LogP contribution < -0.4 is 5.59 Å². The van der Waals surface area contributed by atoms with Gasteiger partial charge in [0.1, 0.15) is 0 Å². The van der Waals surface area contributed by atoms with E-state index in [0.29, 0.717) is 6.54 Å². The molecule has 0 saturated heterocycles. The lowest BCUT2D eigenvalue weighted by Gasteiger charge is -1.95. The Balaban J connectivity index is 2.41. The molecule has 13 heavy (non-hydrogen) atoms. The number of hydrogen-bond donors (Lipinski definition) is 1. The first-order valence-corrected chi connectivity index (χ1v) is 4.09. The highest BCUT2D eigenvalue weighted by atomic mass is 35.5. The summed E-state index contributed by atoms with van der Waals surface area (Å²) in [6.45, 7) is 0.507. The van der Waals surface area contributed by atoms with Gasteiger partial charge in [-0.3, -0.25) is 4.84 Å². The van der Waals surface area contributed by atoms with Crippen LogP contribution in [0.3, 0.4) is 0 Å².